The van der Waals surface area contributed by atoms with Gasteiger partial charge < -0.3 is 5.32 Å². The standard InChI is InChI=1S/C15H20Cl2N2O3S/c1-19(2)23(21,22)14-8-11(12(16)9-13(14)17)15(20)18-10-6-4-3-5-7-10/h8-10H,3-7H2,1-2H3,(H,18,20). The summed E-state index contributed by atoms with van der Waals surface area (Å²) in [5.74, 6) is -0.367. The summed E-state index contributed by atoms with van der Waals surface area (Å²) in [6, 6.07) is 2.66. The molecule has 128 valence electrons. The number of carbonyl (C=O) groups is 1. The van der Waals surface area contributed by atoms with Gasteiger partial charge in [-0.2, -0.15) is 0 Å². The molecule has 1 aromatic rings. The van der Waals surface area contributed by atoms with Crippen LogP contribution in [0.25, 0.3) is 0 Å². The second-order valence-electron chi connectivity index (χ2n) is 5.86. The molecule has 1 N–H and O–H groups in total. The Labute approximate surface area is 147 Å². The van der Waals surface area contributed by atoms with E-state index in [1.807, 2.05) is 0 Å². The number of nitrogens with one attached hydrogen (secondary N) is 1. The fourth-order valence-electron chi connectivity index (χ4n) is 2.61. The van der Waals surface area contributed by atoms with Crippen LogP contribution in [0.4, 0.5) is 0 Å². The molecule has 1 aliphatic rings. The fourth-order valence-corrected chi connectivity index (χ4v) is 4.33. The molecule has 0 heterocycles. The van der Waals surface area contributed by atoms with Crippen molar-refractivity contribution in [2.45, 2.75) is 43.0 Å². The van der Waals surface area contributed by atoms with Crippen molar-refractivity contribution in [3.05, 3.63) is 27.7 Å². The lowest BCUT2D eigenvalue weighted by Crippen LogP contribution is -2.36. The molecule has 1 fully saturated rings. The number of rotatable bonds is 4. The molecule has 1 aromatic carbocycles. The number of nitrogens with zero attached hydrogens (tertiary/aromatic N) is 1. The second-order valence-corrected chi connectivity index (χ2v) is 8.79. The van der Waals surface area contributed by atoms with Crippen LogP contribution in [0.3, 0.4) is 0 Å². The molecule has 1 aliphatic carbocycles. The maximum absolute atomic E-state index is 12.4. The average molecular weight is 379 g/mol. The molecule has 0 unspecified atom stereocenters. The molecule has 0 atom stereocenters. The topological polar surface area (TPSA) is 66.5 Å². The number of carbonyl (C=O) groups excluding carboxylic acids is 1. The second kappa shape index (κ2) is 7.38. The van der Waals surface area contributed by atoms with Gasteiger partial charge in [0.15, 0.2) is 0 Å². The maximum Gasteiger partial charge on any atom is 0.253 e. The van der Waals surface area contributed by atoms with E-state index < -0.39 is 10.0 Å². The first kappa shape index (κ1) is 18.5. The third-order valence-corrected chi connectivity index (χ3v) is 6.56. The van der Waals surface area contributed by atoms with Gasteiger partial charge in [-0.15, -0.1) is 0 Å². The van der Waals surface area contributed by atoms with E-state index in [9.17, 15) is 13.2 Å². The minimum Gasteiger partial charge on any atom is -0.349 e. The van der Waals surface area contributed by atoms with Crippen LogP contribution in [0, 0.1) is 0 Å². The van der Waals surface area contributed by atoms with E-state index in [2.05, 4.69) is 5.32 Å². The van der Waals surface area contributed by atoms with Crippen LogP contribution in [0.1, 0.15) is 42.5 Å². The summed E-state index contributed by atoms with van der Waals surface area (Å²) < 4.78 is 25.6. The van der Waals surface area contributed by atoms with Gasteiger partial charge in [-0.3, -0.25) is 4.79 Å². The van der Waals surface area contributed by atoms with Crippen LogP contribution < -0.4 is 5.32 Å². The third kappa shape index (κ3) is 4.18. The number of halogens is 2. The van der Waals surface area contributed by atoms with Gasteiger partial charge in [-0.05, 0) is 25.0 Å². The normalized spacial score (nSPS) is 16.6. The molecule has 0 aliphatic heterocycles. The summed E-state index contributed by atoms with van der Waals surface area (Å²) in [7, 11) is -0.941. The molecule has 0 saturated heterocycles. The Kier molecular flexibility index (Phi) is 5.94. The van der Waals surface area contributed by atoms with Crippen molar-refractivity contribution < 1.29 is 13.2 Å². The van der Waals surface area contributed by atoms with Gasteiger partial charge >= 0.3 is 0 Å². The molecule has 5 nitrogen and oxygen atoms in total. The largest absolute Gasteiger partial charge is 0.349 e. The number of sulfonamides is 1. The molecule has 8 heteroatoms. The zero-order valence-corrected chi connectivity index (χ0v) is 15.4. The number of hydrogen-bond acceptors (Lipinski definition) is 3. The number of hydrogen-bond donors (Lipinski definition) is 1. The molecular weight excluding hydrogens is 359 g/mol. The lowest BCUT2D eigenvalue weighted by Gasteiger charge is -2.23. The summed E-state index contributed by atoms with van der Waals surface area (Å²) in [4.78, 5) is 12.3. The first-order valence-electron chi connectivity index (χ1n) is 7.46. The van der Waals surface area contributed by atoms with Crippen LogP contribution in [-0.4, -0.2) is 38.8 Å². The highest BCUT2D eigenvalue weighted by atomic mass is 35.5. The highest BCUT2D eigenvalue weighted by Crippen LogP contribution is 2.30. The van der Waals surface area contributed by atoms with E-state index in [1.165, 1.54) is 32.6 Å². The minimum absolute atomic E-state index is 0.00193. The van der Waals surface area contributed by atoms with Gasteiger partial charge in [0, 0.05) is 20.1 Å². The Morgan fingerprint density at radius 2 is 1.74 bits per heavy atom. The summed E-state index contributed by atoms with van der Waals surface area (Å²) in [5, 5.41) is 3.07. The van der Waals surface area contributed by atoms with Crippen LogP contribution in [0.5, 0.6) is 0 Å². The van der Waals surface area contributed by atoms with Crippen LogP contribution in [0.15, 0.2) is 17.0 Å². The maximum atomic E-state index is 12.4. The van der Waals surface area contributed by atoms with Gasteiger partial charge in [-0.25, -0.2) is 12.7 Å². The minimum atomic E-state index is -3.75. The highest BCUT2D eigenvalue weighted by molar-refractivity contribution is 7.89. The Morgan fingerprint density at radius 1 is 1.13 bits per heavy atom. The van der Waals surface area contributed by atoms with E-state index in [1.54, 1.807) is 0 Å². The summed E-state index contributed by atoms with van der Waals surface area (Å²) in [6.07, 6.45) is 5.21. The summed E-state index contributed by atoms with van der Waals surface area (Å²) >= 11 is 12.1. The van der Waals surface area contributed by atoms with Crippen LogP contribution in [-0.2, 0) is 10.0 Å². The van der Waals surface area contributed by atoms with Gasteiger partial charge in [0.05, 0.1) is 15.6 Å². The fraction of sp³-hybridized carbons (Fsp3) is 0.533. The lowest BCUT2D eigenvalue weighted by molar-refractivity contribution is 0.0927. The van der Waals surface area contributed by atoms with E-state index in [0.29, 0.717) is 0 Å². The first-order valence-corrected chi connectivity index (χ1v) is 9.65. The zero-order chi connectivity index (χ0) is 17.2. The monoisotopic (exact) mass is 378 g/mol. The summed E-state index contributed by atoms with van der Waals surface area (Å²) in [6.45, 7) is 0. The number of amides is 1. The molecule has 0 bridgehead atoms. The molecule has 23 heavy (non-hydrogen) atoms. The summed E-state index contributed by atoms with van der Waals surface area (Å²) in [5.41, 5.74) is 0.127. The van der Waals surface area contributed by atoms with Gasteiger partial charge in [0.25, 0.3) is 5.91 Å². The van der Waals surface area contributed by atoms with E-state index >= 15 is 0 Å². The molecule has 1 amide bonds. The van der Waals surface area contributed by atoms with Gasteiger partial charge in [0.2, 0.25) is 10.0 Å². The van der Waals surface area contributed by atoms with Crippen molar-refractivity contribution in [3.8, 4) is 0 Å². The molecule has 0 radical (unpaired) electrons. The van der Waals surface area contributed by atoms with Crippen LogP contribution >= 0.6 is 23.2 Å². The Morgan fingerprint density at radius 3 is 2.30 bits per heavy atom. The SMILES string of the molecule is CN(C)S(=O)(=O)c1cc(C(=O)NC2CCCCC2)c(Cl)cc1Cl. The van der Waals surface area contributed by atoms with E-state index in [4.69, 9.17) is 23.2 Å². The average Bonchev–Trinajstić information content (AvgIpc) is 2.47. The zero-order valence-electron chi connectivity index (χ0n) is 13.1. The predicted octanol–water partition coefficient (Wildman–Crippen LogP) is 3.31. The van der Waals surface area contributed by atoms with Crippen molar-refractivity contribution >= 4 is 39.1 Å². The number of benzene rings is 1. The Bertz CT molecular complexity index is 699. The molecular formula is C15H20Cl2N2O3S. The Balaban J connectivity index is 2.33. The third-order valence-electron chi connectivity index (χ3n) is 3.97. The van der Waals surface area contributed by atoms with Crippen molar-refractivity contribution in [2.75, 3.05) is 14.1 Å². The Hall–Kier alpha value is -0.820. The van der Waals surface area contributed by atoms with Crippen LogP contribution in [0.2, 0.25) is 10.0 Å². The van der Waals surface area contributed by atoms with Crippen molar-refractivity contribution in [2.24, 2.45) is 0 Å². The molecule has 2 rings (SSSR count). The molecule has 1 saturated carbocycles. The molecule has 0 aromatic heterocycles. The van der Waals surface area contributed by atoms with Gasteiger partial charge in [0.1, 0.15) is 4.90 Å². The highest BCUT2D eigenvalue weighted by Gasteiger charge is 2.25. The van der Waals surface area contributed by atoms with Gasteiger partial charge in [-0.1, -0.05) is 42.5 Å². The van der Waals surface area contributed by atoms with E-state index in [0.717, 1.165) is 30.0 Å². The lowest BCUT2D eigenvalue weighted by atomic mass is 9.95. The van der Waals surface area contributed by atoms with Crippen molar-refractivity contribution in [1.29, 1.82) is 0 Å². The quantitative estimate of drug-likeness (QED) is 0.873. The predicted molar refractivity (Wildman–Crippen MR) is 91.7 cm³/mol. The smallest absolute Gasteiger partial charge is 0.253 e. The van der Waals surface area contributed by atoms with Crippen molar-refractivity contribution in [3.63, 3.8) is 0 Å². The van der Waals surface area contributed by atoms with Crippen molar-refractivity contribution in [1.82, 2.24) is 9.62 Å². The van der Waals surface area contributed by atoms with E-state index in [-0.39, 0.29) is 32.5 Å². The first-order chi connectivity index (χ1) is 10.7. The molecule has 0 spiro atoms.